The number of hydrogen-bond donors (Lipinski definition) is 3. The minimum Gasteiger partial charge on any atom is -0.497 e. The van der Waals surface area contributed by atoms with Crippen LogP contribution in [0.2, 0.25) is 0 Å². The molecule has 0 aliphatic carbocycles. The van der Waals surface area contributed by atoms with E-state index in [2.05, 4.69) is 25.6 Å². The first-order valence-electron chi connectivity index (χ1n) is 10.6. The lowest BCUT2D eigenvalue weighted by molar-refractivity contribution is 0.0380. The largest absolute Gasteiger partial charge is 0.497 e. The molecule has 0 saturated carbocycles. The Labute approximate surface area is 198 Å². The second-order valence-corrected chi connectivity index (χ2v) is 8.47. The van der Waals surface area contributed by atoms with Crippen LogP contribution in [0.15, 0.2) is 48.5 Å². The minimum atomic E-state index is -3.47. The molecule has 0 fully saturated rings. The third-order valence-corrected chi connectivity index (χ3v) is 5.93. The molecule has 0 atom stereocenters. The first-order valence-corrected chi connectivity index (χ1v) is 11.4. The van der Waals surface area contributed by atoms with E-state index in [9.17, 15) is 4.39 Å². The van der Waals surface area contributed by atoms with E-state index in [4.69, 9.17) is 10.5 Å². The van der Waals surface area contributed by atoms with E-state index >= 15 is 8.78 Å². The number of aromatic nitrogens is 3. The van der Waals surface area contributed by atoms with E-state index in [-0.39, 0.29) is 17.3 Å². The highest BCUT2D eigenvalue weighted by molar-refractivity contribution is 7.22. The van der Waals surface area contributed by atoms with Gasteiger partial charge in [0.15, 0.2) is 5.13 Å². The van der Waals surface area contributed by atoms with E-state index in [1.54, 1.807) is 13.2 Å². The fraction of sp³-hybridized carbons (Fsp3) is 0.261. The Morgan fingerprint density at radius 1 is 1.03 bits per heavy atom. The molecule has 7 nitrogen and oxygen atoms in total. The fourth-order valence-electron chi connectivity index (χ4n) is 3.22. The summed E-state index contributed by atoms with van der Waals surface area (Å²) < 4.78 is 50.0. The summed E-state index contributed by atoms with van der Waals surface area (Å²) in [4.78, 5) is 12.9. The molecule has 0 aliphatic rings. The van der Waals surface area contributed by atoms with Crippen LogP contribution < -0.4 is 21.1 Å². The number of benzene rings is 2. The van der Waals surface area contributed by atoms with Gasteiger partial charge in [-0.25, -0.2) is 14.4 Å². The first-order chi connectivity index (χ1) is 16.4. The van der Waals surface area contributed by atoms with Gasteiger partial charge in [0, 0.05) is 18.2 Å². The van der Waals surface area contributed by atoms with Crippen molar-refractivity contribution in [2.24, 2.45) is 5.73 Å². The zero-order valence-electron chi connectivity index (χ0n) is 18.3. The van der Waals surface area contributed by atoms with Crippen LogP contribution in [-0.4, -0.2) is 35.2 Å². The number of halogens is 3. The number of nitrogens with zero attached hydrogens (tertiary/aromatic N) is 3. The number of fused-ring (bicyclic) bond motifs is 1. The standard InChI is InChI=1S/C23H23F3N6OS/c1-33-16-8-9-17-18(12-16)34-22(29-17)32-20-13-19(30-21(31-20)28-11-3-2-10-27)23(25,26)14-4-6-15(24)7-5-14/h4-9,12-13H,2-3,10-11,27H2,1H3,(H2,28,29,30,31,32). The first kappa shape index (κ1) is 23.7. The summed E-state index contributed by atoms with van der Waals surface area (Å²) >= 11 is 1.34. The molecule has 0 saturated heterocycles. The number of hydrogen-bond acceptors (Lipinski definition) is 8. The van der Waals surface area contributed by atoms with Crippen molar-refractivity contribution in [3.63, 3.8) is 0 Å². The molecular formula is C23H23F3N6OS. The molecule has 0 aliphatic heterocycles. The number of nitrogens with two attached hydrogens (primary N) is 1. The quantitative estimate of drug-likeness (QED) is 0.262. The van der Waals surface area contributed by atoms with Crippen molar-refractivity contribution < 1.29 is 17.9 Å². The SMILES string of the molecule is COc1ccc2nc(Nc3cc(C(F)(F)c4ccc(F)cc4)nc(NCCCCN)n3)sc2c1. The Morgan fingerprint density at radius 3 is 2.56 bits per heavy atom. The summed E-state index contributed by atoms with van der Waals surface area (Å²) in [5, 5.41) is 6.46. The van der Waals surface area contributed by atoms with Crippen molar-refractivity contribution in [1.29, 1.82) is 0 Å². The normalized spacial score (nSPS) is 11.6. The lowest BCUT2D eigenvalue weighted by Gasteiger charge is -2.18. The third-order valence-electron chi connectivity index (χ3n) is 5.00. The lowest BCUT2D eigenvalue weighted by atomic mass is 10.1. The molecule has 4 N–H and O–H groups in total. The molecule has 0 unspecified atom stereocenters. The topological polar surface area (TPSA) is 98.0 Å². The molecule has 11 heteroatoms. The number of ether oxygens (including phenoxy) is 1. The Balaban J connectivity index is 1.67. The maximum Gasteiger partial charge on any atom is 0.315 e. The molecule has 4 rings (SSSR count). The van der Waals surface area contributed by atoms with Crippen LogP contribution in [0.25, 0.3) is 10.2 Å². The minimum absolute atomic E-state index is 0.0431. The summed E-state index contributed by atoms with van der Waals surface area (Å²) in [7, 11) is 1.58. The molecule has 34 heavy (non-hydrogen) atoms. The molecule has 0 spiro atoms. The van der Waals surface area contributed by atoms with Crippen LogP contribution in [0.4, 0.5) is 30.1 Å². The van der Waals surface area contributed by atoms with E-state index in [1.807, 2.05) is 12.1 Å². The van der Waals surface area contributed by atoms with Gasteiger partial charge in [-0.1, -0.05) is 11.3 Å². The average molecular weight is 489 g/mol. The molecule has 4 aromatic rings. The van der Waals surface area contributed by atoms with Gasteiger partial charge in [-0.15, -0.1) is 0 Å². The highest BCUT2D eigenvalue weighted by Gasteiger charge is 2.37. The van der Waals surface area contributed by atoms with Gasteiger partial charge >= 0.3 is 5.92 Å². The zero-order valence-corrected chi connectivity index (χ0v) is 19.1. The molecule has 2 aromatic carbocycles. The molecule has 0 amide bonds. The molecular weight excluding hydrogens is 465 g/mol. The smallest absolute Gasteiger partial charge is 0.315 e. The Kier molecular flexibility index (Phi) is 7.13. The van der Waals surface area contributed by atoms with Gasteiger partial charge in [0.1, 0.15) is 23.1 Å². The van der Waals surface area contributed by atoms with E-state index in [0.29, 0.717) is 24.0 Å². The van der Waals surface area contributed by atoms with Gasteiger partial charge in [0.2, 0.25) is 5.95 Å². The number of alkyl halides is 2. The number of nitrogens with one attached hydrogen (secondary N) is 2. The van der Waals surface area contributed by atoms with Crippen LogP contribution in [0.5, 0.6) is 5.75 Å². The van der Waals surface area contributed by atoms with E-state index < -0.39 is 17.4 Å². The van der Waals surface area contributed by atoms with Crippen LogP contribution in [0.1, 0.15) is 24.1 Å². The predicted molar refractivity (Wildman–Crippen MR) is 128 cm³/mol. The van der Waals surface area contributed by atoms with Crippen molar-refractivity contribution >= 4 is 38.5 Å². The molecule has 178 valence electrons. The second kappa shape index (κ2) is 10.2. The van der Waals surface area contributed by atoms with Crippen LogP contribution in [0, 0.1) is 5.82 Å². The predicted octanol–water partition coefficient (Wildman–Crippen LogP) is 5.27. The third kappa shape index (κ3) is 5.37. The lowest BCUT2D eigenvalue weighted by Crippen LogP contribution is -2.19. The van der Waals surface area contributed by atoms with Gasteiger partial charge in [0.05, 0.1) is 17.3 Å². The number of unbranched alkanes of at least 4 members (excludes halogenated alkanes) is 1. The number of anilines is 3. The molecule has 2 heterocycles. The van der Waals surface area contributed by atoms with Gasteiger partial charge < -0.3 is 21.1 Å². The highest BCUT2D eigenvalue weighted by Crippen LogP contribution is 2.37. The Morgan fingerprint density at radius 2 is 1.82 bits per heavy atom. The monoisotopic (exact) mass is 488 g/mol. The summed E-state index contributed by atoms with van der Waals surface area (Å²) in [6.07, 6.45) is 1.51. The molecule has 0 radical (unpaired) electrons. The maximum atomic E-state index is 15.3. The molecule has 0 bridgehead atoms. The Bertz CT molecular complexity index is 1270. The Hall–Kier alpha value is -3.44. The van der Waals surface area contributed by atoms with Crippen molar-refractivity contribution in [3.8, 4) is 5.75 Å². The highest BCUT2D eigenvalue weighted by atomic mass is 32.1. The van der Waals surface area contributed by atoms with Gasteiger partial charge in [-0.3, -0.25) is 0 Å². The van der Waals surface area contributed by atoms with Crippen molar-refractivity contribution in [2.75, 3.05) is 30.8 Å². The maximum absolute atomic E-state index is 15.3. The van der Waals surface area contributed by atoms with Crippen LogP contribution >= 0.6 is 11.3 Å². The summed E-state index contributed by atoms with van der Waals surface area (Å²) in [5.74, 6) is -3.18. The van der Waals surface area contributed by atoms with Crippen molar-refractivity contribution in [1.82, 2.24) is 15.0 Å². The summed E-state index contributed by atoms with van der Waals surface area (Å²) in [5.41, 5.74) is 5.35. The van der Waals surface area contributed by atoms with E-state index in [0.717, 1.165) is 47.3 Å². The van der Waals surface area contributed by atoms with Gasteiger partial charge in [-0.05, 0) is 61.9 Å². The van der Waals surface area contributed by atoms with E-state index in [1.165, 1.54) is 17.4 Å². The average Bonchev–Trinajstić information content (AvgIpc) is 3.23. The zero-order chi connectivity index (χ0) is 24.1. The molecule has 2 aromatic heterocycles. The van der Waals surface area contributed by atoms with Crippen LogP contribution in [-0.2, 0) is 5.92 Å². The summed E-state index contributed by atoms with van der Waals surface area (Å²) in [6.45, 7) is 1.00. The van der Waals surface area contributed by atoms with Crippen molar-refractivity contribution in [3.05, 3.63) is 65.6 Å². The van der Waals surface area contributed by atoms with Gasteiger partial charge in [0.25, 0.3) is 0 Å². The van der Waals surface area contributed by atoms with Crippen LogP contribution in [0.3, 0.4) is 0 Å². The van der Waals surface area contributed by atoms with Gasteiger partial charge in [-0.2, -0.15) is 13.8 Å². The number of thiazole rings is 1. The second-order valence-electron chi connectivity index (χ2n) is 7.44. The van der Waals surface area contributed by atoms with Crippen molar-refractivity contribution in [2.45, 2.75) is 18.8 Å². The fourth-order valence-corrected chi connectivity index (χ4v) is 4.12. The number of methoxy groups -OCH3 is 1. The number of rotatable bonds is 10. The summed E-state index contributed by atoms with van der Waals surface area (Å²) in [6, 6.07) is 10.7.